The van der Waals surface area contributed by atoms with Crippen molar-refractivity contribution in [1.82, 2.24) is 4.57 Å². The number of hydrogen-bond acceptors (Lipinski definition) is 2. The molecule has 3 nitrogen and oxygen atoms in total. The van der Waals surface area contributed by atoms with Crippen LogP contribution in [-0.2, 0) is 0 Å². The van der Waals surface area contributed by atoms with Crippen LogP contribution < -0.4 is 4.90 Å². The van der Waals surface area contributed by atoms with E-state index in [9.17, 15) is 0 Å². The van der Waals surface area contributed by atoms with Crippen LogP contribution in [0.3, 0.4) is 0 Å². The molecule has 12 rings (SSSR count). The minimum atomic E-state index is 0.857. The van der Waals surface area contributed by atoms with Crippen molar-refractivity contribution in [2.75, 3.05) is 4.90 Å². The predicted octanol–water partition coefficient (Wildman–Crippen LogP) is 16.3. The van der Waals surface area contributed by atoms with Crippen LogP contribution in [-0.4, -0.2) is 4.57 Å². The van der Waals surface area contributed by atoms with E-state index >= 15 is 0 Å². The van der Waals surface area contributed by atoms with E-state index < -0.39 is 0 Å². The first-order valence-corrected chi connectivity index (χ1v) is 20.9. The van der Waals surface area contributed by atoms with Gasteiger partial charge >= 0.3 is 0 Å². The lowest BCUT2D eigenvalue weighted by molar-refractivity contribution is 0.669. The van der Waals surface area contributed by atoms with Gasteiger partial charge in [0.05, 0.1) is 27.8 Å². The molecule has 0 aliphatic carbocycles. The van der Waals surface area contributed by atoms with Gasteiger partial charge in [0.1, 0.15) is 11.2 Å². The van der Waals surface area contributed by atoms with Crippen LogP contribution in [0.15, 0.2) is 235 Å². The SMILES string of the molecule is c1ccc(-c2cccc3cccc(-c4ccccc4N(c4ccc(-c5cccc6c5c5ccccc5n6-c5ccccc5)cc4)c4cccc5oc6ccccc6c45)c23)cc1. The molecule has 3 heteroatoms. The normalized spacial score (nSPS) is 11.6. The number of fused-ring (bicyclic) bond motifs is 7. The highest BCUT2D eigenvalue weighted by Gasteiger charge is 2.24. The molecule has 10 aromatic carbocycles. The fourth-order valence-electron chi connectivity index (χ4n) is 9.58. The van der Waals surface area contributed by atoms with E-state index in [1.165, 1.54) is 54.8 Å². The van der Waals surface area contributed by atoms with E-state index in [1.807, 2.05) is 6.07 Å². The molecule has 286 valence electrons. The summed E-state index contributed by atoms with van der Waals surface area (Å²) in [7, 11) is 0. The summed E-state index contributed by atoms with van der Waals surface area (Å²) >= 11 is 0. The van der Waals surface area contributed by atoms with Gasteiger partial charge in [-0.05, 0) is 99.3 Å². The van der Waals surface area contributed by atoms with E-state index in [0.29, 0.717) is 0 Å². The number of para-hydroxylation sites is 4. The Labute approximate surface area is 353 Å². The Morgan fingerprint density at radius 2 is 0.885 bits per heavy atom. The molecule has 0 saturated carbocycles. The first-order chi connectivity index (χ1) is 30.3. The molecule has 2 heterocycles. The van der Waals surface area contributed by atoms with Crippen LogP contribution in [0.25, 0.3) is 93.6 Å². The van der Waals surface area contributed by atoms with Crippen LogP contribution in [0.1, 0.15) is 0 Å². The summed E-state index contributed by atoms with van der Waals surface area (Å²) in [4.78, 5) is 2.43. The zero-order valence-electron chi connectivity index (χ0n) is 33.2. The standard InChI is InChI=1S/C58H38N2O/c1-3-17-39(18-4-1)44-26-13-19-41-20-14-28-47(56(41)44)46-23-7-10-29-50(46)60(53-32-16-34-55-58(53)49-25-9-12-33-54(49)61-55)43-37-35-40(36-38-43)45-27-15-31-52-57(45)48-24-8-11-30-51(48)59(52)42-21-5-2-6-22-42/h1-38H. The fraction of sp³-hybridized carbons (Fsp3) is 0. The Morgan fingerprint density at radius 1 is 0.328 bits per heavy atom. The molecule has 61 heavy (non-hydrogen) atoms. The number of benzene rings is 10. The third-order valence-electron chi connectivity index (χ3n) is 12.2. The minimum Gasteiger partial charge on any atom is -0.456 e. The minimum absolute atomic E-state index is 0.857. The molecule has 0 saturated heterocycles. The second kappa shape index (κ2) is 14.3. The molecule has 0 atom stereocenters. The Bertz CT molecular complexity index is 3580. The summed E-state index contributed by atoms with van der Waals surface area (Å²) in [5.41, 5.74) is 15.5. The molecular weight excluding hydrogens is 741 g/mol. The Balaban J connectivity index is 1.09. The third kappa shape index (κ3) is 5.66. The zero-order valence-corrected chi connectivity index (χ0v) is 33.2. The van der Waals surface area contributed by atoms with Gasteiger partial charge in [-0.2, -0.15) is 0 Å². The Morgan fingerprint density at radius 3 is 1.70 bits per heavy atom. The Hall–Kier alpha value is -8.14. The van der Waals surface area contributed by atoms with Crippen LogP contribution in [0, 0.1) is 0 Å². The van der Waals surface area contributed by atoms with Crippen molar-refractivity contribution in [3.63, 3.8) is 0 Å². The van der Waals surface area contributed by atoms with E-state index in [2.05, 4.69) is 234 Å². The van der Waals surface area contributed by atoms with Crippen molar-refractivity contribution in [2.24, 2.45) is 0 Å². The molecule has 2 aromatic heterocycles. The number of furan rings is 1. The second-order valence-corrected chi connectivity index (χ2v) is 15.6. The van der Waals surface area contributed by atoms with E-state index in [0.717, 1.165) is 55.8 Å². The average Bonchev–Trinajstić information content (AvgIpc) is 3.89. The van der Waals surface area contributed by atoms with E-state index in [4.69, 9.17) is 4.42 Å². The van der Waals surface area contributed by atoms with Crippen LogP contribution >= 0.6 is 0 Å². The highest BCUT2D eigenvalue weighted by Crippen LogP contribution is 2.48. The lowest BCUT2D eigenvalue weighted by Gasteiger charge is -2.29. The second-order valence-electron chi connectivity index (χ2n) is 15.6. The first-order valence-electron chi connectivity index (χ1n) is 20.9. The predicted molar refractivity (Wildman–Crippen MR) is 257 cm³/mol. The average molecular weight is 779 g/mol. The van der Waals surface area contributed by atoms with Crippen molar-refractivity contribution in [1.29, 1.82) is 0 Å². The summed E-state index contributed by atoms with van der Waals surface area (Å²) in [5.74, 6) is 0. The molecule has 0 unspecified atom stereocenters. The number of nitrogens with zero attached hydrogens (tertiary/aromatic N) is 2. The van der Waals surface area contributed by atoms with E-state index in [1.54, 1.807) is 0 Å². The summed E-state index contributed by atoms with van der Waals surface area (Å²) < 4.78 is 8.89. The lowest BCUT2D eigenvalue weighted by atomic mass is 9.90. The van der Waals surface area contributed by atoms with Crippen LogP contribution in [0.2, 0.25) is 0 Å². The molecule has 0 aliphatic heterocycles. The van der Waals surface area contributed by atoms with Gasteiger partial charge in [0.25, 0.3) is 0 Å². The first kappa shape index (κ1) is 34.9. The number of hydrogen-bond donors (Lipinski definition) is 0. The molecule has 0 N–H and O–H groups in total. The van der Waals surface area contributed by atoms with Crippen molar-refractivity contribution in [3.8, 4) is 39.1 Å². The molecule has 0 bridgehead atoms. The highest BCUT2D eigenvalue weighted by atomic mass is 16.3. The van der Waals surface area contributed by atoms with Gasteiger partial charge in [0.15, 0.2) is 0 Å². The third-order valence-corrected chi connectivity index (χ3v) is 12.2. The highest BCUT2D eigenvalue weighted by molar-refractivity contribution is 6.17. The number of rotatable bonds is 7. The molecule has 12 aromatic rings. The van der Waals surface area contributed by atoms with Crippen molar-refractivity contribution >= 4 is 71.6 Å². The molecule has 0 fully saturated rings. The van der Waals surface area contributed by atoms with Crippen LogP contribution in [0.5, 0.6) is 0 Å². The fourth-order valence-corrected chi connectivity index (χ4v) is 9.58. The summed E-state index contributed by atoms with van der Waals surface area (Å²) in [6, 6.07) is 82.9. The molecule has 0 radical (unpaired) electrons. The smallest absolute Gasteiger partial charge is 0.137 e. The summed E-state index contributed by atoms with van der Waals surface area (Å²) in [5, 5.41) is 7.09. The monoisotopic (exact) mass is 778 g/mol. The molecule has 0 amide bonds. The maximum absolute atomic E-state index is 6.51. The van der Waals surface area contributed by atoms with Crippen molar-refractivity contribution in [2.45, 2.75) is 0 Å². The maximum Gasteiger partial charge on any atom is 0.137 e. The van der Waals surface area contributed by atoms with Gasteiger partial charge in [-0.1, -0.05) is 170 Å². The maximum atomic E-state index is 6.51. The van der Waals surface area contributed by atoms with E-state index in [-0.39, 0.29) is 0 Å². The lowest BCUT2D eigenvalue weighted by Crippen LogP contribution is -2.11. The van der Waals surface area contributed by atoms with Crippen molar-refractivity contribution in [3.05, 3.63) is 231 Å². The number of aromatic nitrogens is 1. The quantitative estimate of drug-likeness (QED) is 0.161. The molecular formula is C58H38N2O. The topological polar surface area (TPSA) is 21.3 Å². The molecule has 0 aliphatic rings. The van der Waals surface area contributed by atoms with Gasteiger partial charge in [-0.15, -0.1) is 0 Å². The van der Waals surface area contributed by atoms with Gasteiger partial charge in [0, 0.05) is 33.1 Å². The van der Waals surface area contributed by atoms with Crippen molar-refractivity contribution < 1.29 is 4.42 Å². The summed E-state index contributed by atoms with van der Waals surface area (Å²) in [6.45, 7) is 0. The number of anilines is 3. The largest absolute Gasteiger partial charge is 0.456 e. The van der Waals surface area contributed by atoms with Gasteiger partial charge in [-0.3, -0.25) is 0 Å². The van der Waals surface area contributed by atoms with Crippen LogP contribution in [0.4, 0.5) is 17.1 Å². The van der Waals surface area contributed by atoms with Gasteiger partial charge in [0.2, 0.25) is 0 Å². The summed E-state index contributed by atoms with van der Waals surface area (Å²) in [6.07, 6.45) is 0. The Kier molecular flexibility index (Phi) is 8.17. The zero-order chi connectivity index (χ0) is 40.3. The van der Waals surface area contributed by atoms with Gasteiger partial charge in [-0.25, -0.2) is 0 Å². The molecule has 0 spiro atoms. The van der Waals surface area contributed by atoms with Gasteiger partial charge < -0.3 is 13.9 Å².